The fraction of sp³-hybridized carbons (Fsp3) is 0.316. The number of nitro benzene ring substituents is 1. The van der Waals surface area contributed by atoms with Crippen molar-refractivity contribution in [3.63, 3.8) is 0 Å². The predicted octanol–water partition coefficient (Wildman–Crippen LogP) is 2.33. The molecule has 154 valence electrons. The maximum absolute atomic E-state index is 14.1. The summed E-state index contributed by atoms with van der Waals surface area (Å²) in [7, 11) is -3.25. The second-order valence-corrected chi connectivity index (χ2v) is 8.94. The Labute approximate surface area is 167 Å². The van der Waals surface area contributed by atoms with E-state index in [0.717, 1.165) is 0 Å². The molecular weight excluding hydrogens is 403 g/mol. The molecule has 0 saturated carbocycles. The van der Waals surface area contributed by atoms with Crippen LogP contribution in [0.15, 0.2) is 48.5 Å². The normalized spacial score (nSPS) is 17.6. The molecule has 0 spiro atoms. The molecule has 1 aliphatic rings. The van der Waals surface area contributed by atoms with Crippen molar-refractivity contribution in [2.24, 2.45) is 0 Å². The van der Waals surface area contributed by atoms with E-state index < -0.39 is 39.1 Å². The molecule has 1 saturated heterocycles. The topological polar surface area (TPSA) is 107 Å². The maximum Gasteiger partial charge on any atom is 0.269 e. The molecule has 1 aliphatic heterocycles. The van der Waals surface area contributed by atoms with E-state index in [1.807, 2.05) is 0 Å². The molecule has 0 aromatic heterocycles. The van der Waals surface area contributed by atoms with E-state index in [-0.39, 0.29) is 41.5 Å². The third-order valence-corrected chi connectivity index (χ3v) is 6.43. The first-order valence-corrected chi connectivity index (χ1v) is 10.7. The smallest absolute Gasteiger partial charge is 0.269 e. The van der Waals surface area contributed by atoms with Gasteiger partial charge < -0.3 is 9.64 Å². The minimum atomic E-state index is -3.25. The minimum absolute atomic E-state index is 0.0259. The van der Waals surface area contributed by atoms with Crippen molar-refractivity contribution < 1.29 is 27.3 Å². The third kappa shape index (κ3) is 5.29. The Kier molecular flexibility index (Phi) is 6.12. The number of sulfone groups is 1. The van der Waals surface area contributed by atoms with Crippen LogP contribution in [0.4, 0.5) is 10.1 Å². The molecule has 3 rings (SSSR count). The molecule has 1 atom stereocenters. The van der Waals surface area contributed by atoms with Gasteiger partial charge in [-0.1, -0.05) is 18.2 Å². The largest absolute Gasteiger partial charge is 0.484 e. The van der Waals surface area contributed by atoms with Crippen molar-refractivity contribution in [2.45, 2.75) is 19.0 Å². The van der Waals surface area contributed by atoms with Gasteiger partial charge in [-0.05, 0) is 24.6 Å². The summed E-state index contributed by atoms with van der Waals surface area (Å²) < 4.78 is 43.2. The van der Waals surface area contributed by atoms with Gasteiger partial charge in [0.2, 0.25) is 0 Å². The highest BCUT2D eigenvalue weighted by Gasteiger charge is 2.35. The lowest BCUT2D eigenvalue weighted by atomic mass is 10.1. The predicted molar refractivity (Wildman–Crippen MR) is 103 cm³/mol. The van der Waals surface area contributed by atoms with Crippen LogP contribution < -0.4 is 4.74 Å². The summed E-state index contributed by atoms with van der Waals surface area (Å²) in [5, 5.41) is 10.7. The summed E-state index contributed by atoms with van der Waals surface area (Å²) in [6, 6.07) is 10.7. The first-order valence-electron chi connectivity index (χ1n) is 8.86. The number of benzene rings is 2. The number of amides is 1. The van der Waals surface area contributed by atoms with E-state index in [9.17, 15) is 27.7 Å². The summed E-state index contributed by atoms with van der Waals surface area (Å²) in [6.07, 6.45) is 0.278. The van der Waals surface area contributed by atoms with Gasteiger partial charge in [-0.15, -0.1) is 0 Å². The zero-order valence-corrected chi connectivity index (χ0v) is 16.2. The van der Waals surface area contributed by atoms with E-state index in [4.69, 9.17) is 4.74 Å². The third-order valence-electron chi connectivity index (χ3n) is 4.68. The van der Waals surface area contributed by atoms with Crippen LogP contribution in [0.3, 0.4) is 0 Å². The molecule has 1 fully saturated rings. The molecule has 0 bridgehead atoms. The zero-order chi connectivity index (χ0) is 21.0. The van der Waals surface area contributed by atoms with Gasteiger partial charge >= 0.3 is 0 Å². The number of carbonyl (C=O) groups excluding carboxylic acids is 1. The molecule has 0 radical (unpaired) electrons. The molecule has 0 unspecified atom stereocenters. The molecule has 8 nitrogen and oxygen atoms in total. The summed E-state index contributed by atoms with van der Waals surface area (Å²) in [4.78, 5) is 24.3. The first kappa shape index (κ1) is 20.7. The summed E-state index contributed by atoms with van der Waals surface area (Å²) >= 11 is 0. The average molecular weight is 422 g/mol. The molecule has 0 aliphatic carbocycles. The molecular formula is C19H19FN2O6S. The van der Waals surface area contributed by atoms with Gasteiger partial charge in [-0.3, -0.25) is 14.9 Å². The van der Waals surface area contributed by atoms with Crippen LogP contribution >= 0.6 is 0 Å². The number of hydrogen-bond acceptors (Lipinski definition) is 6. The Morgan fingerprint density at radius 1 is 1.21 bits per heavy atom. The number of rotatable bonds is 7. The van der Waals surface area contributed by atoms with Crippen LogP contribution in [0.5, 0.6) is 5.75 Å². The Bertz CT molecular complexity index is 1010. The fourth-order valence-corrected chi connectivity index (χ4v) is 4.88. The van der Waals surface area contributed by atoms with E-state index in [0.29, 0.717) is 0 Å². The quantitative estimate of drug-likeness (QED) is 0.501. The van der Waals surface area contributed by atoms with E-state index in [1.165, 1.54) is 47.4 Å². The average Bonchev–Trinajstić information content (AvgIpc) is 3.05. The number of ether oxygens (including phenoxy) is 1. The van der Waals surface area contributed by atoms with Gasteiger partial charge in [-0.25, -0.2) is 12.8 Å². The first-order chi connectivity index (χ1) is 13.7. The van der Waals surface area contributed by atoms with Crippen LogP contribution in [0.25, 0.3) is 0 Å². The molecule has 0 N–H and O–H groups in total. The van der Waals surface area contributed by atoms with Crippen molar-refractivity contribution >= 4 is 21.4 Å². The number of halogens is 1. The molecule has 1 amide bonds. The summed E-state index contributed by atoms with van der Waals surface area (Å²) in [6.45, 7) is -0.474. The van der Waals surface area contributed by atoms with Crippen molar-refractivity contribution in [2.75, 3.05) is 18.1 Å². The lowest BCUT2D eigenvalue weighted by molar-refractivity contribution is -0.384. The van der Waals surface area contributed by atoms with Crippen LogP contribution in [0.2, 0.25) is 0 Å². The van der Waals surface area contributed by atoms with Crippen LogP contribution in [0.1, 0.15) is 12.0 Å². The zero-order valence-electron chi connectivity index (χ0n) is 15.4. The van der Waals surface area contributed by atoms with Gasteiger partial charge in [0.25, 0.3) is 11.6 Å². The van der Waals surface area contributed by atoms with Crippen LogP contribution in [0, 0.1) is 15.9 Å². The van der Waals surface area contributed by atoms with Crippen LogP contribution in [-0.2, 0) is 21.2 Å². The number of nitro groups is 1. The number of hydrogen-bond donors (Lipinski definition) is 0. The van der Waals surface area contributed by atoms with Crippen molar-refractivity contribution in [1.29, 1.82) is 0 Å². The molecule has 1 heterocycles. The van der Waals surface area contributed by atoms with E-state index in [1.54, 1.807) is 6.07 Å². The van der Waals surface area contributed by atoms with Crippen LogP contribution in [-0.4, -0.2) is 48.3 Å². The van der Waals surface area contributed by atoms with Gasteiger partial charge in [0.15, 0.2) is 16.4 Å². The molecule has 2 aromatic rings. The molecule has 10 heteroatoms. The Balaban J connectivity index is 1.73. The number of nitrogens with zero attached hydrogens (tertiary/aromatic N) is 2. The Hall–Kier alpha value is -3.01. The van der Waals surface area contributed by atoms with E-state index >= 15 is 0 Å². The van der Waals surface area contributed by atoms with E-state index in [2.05, 4.69) is 0 Å². The monoisotopic (exact) mass is 422 g/mol. The number of non-ortho nitro benzene ring substituents is 1. The van der Waals surface area contributed by atoms with Crippen molar-refractivity contribution in [3.8, 4) is 5.75 Å². The van der Waals surface area contributed by atoms with Gasteiger partial charge in [0, 0.05) is 30.3 Å². The maximum atomic E-state index is 14.1. The fourth-order valence-electron chi connectivity index (χ4n) is 3.14. The highest BCUT2D eigenvalue weighted by Crippen LogP contribution is 2.22. The summed E-state index contributed by atoms with van der Waals surface area (Å²) in [5.41, 5.74) is 0.168. The van der Waals surface area contributed by atoms with Crippen molar-refractivity contribution in [3.05, 3.63) is 70.0 Å². The van der Waals surface area contributed by atoms with Gasteiger partial charge in [0.05, 0.1) is 16.4 Å². The van der Waals surface area contributed by atoms with Gasteiger partial charge in [-0.2, -0.15) is 0 Å². The second-order valence-electron chi connectivity index (χ2n) is 6.71. The Morgan fingerprint density at radius 2 is 1.90 bits per heavy atom. The lowest BCUT2D eigenvalue weighted by Crippen LogP contribution is -2.43. The highest BCUT2D eigenvalue weighted by molar-refractivity contribution is 7.91. The minimum Gasteiger partial charge on any atom is -0.484 e. The number of carbonyl (C=O) groups is 1. The van der Waals surface area contributed by atoms with Crippen molar-refractivity contribution in [1.82, 2.24) is 4.90 Å². The second kappa shape index (κ2) is 8.56. The SMILES string of the molecule is O=C(COc1ccc([N+](=O)[O-])cc1)N(Cc1ccccc1F)[C@@H]1CCS(=O)(=O)C1. The molecule has 29 heavy (non-hydrogen) atoms. The van der Waals surface area contributed by atoms with Gasteiger partial charge in [0.1, 0.15) is 11.6 Å². The lowest BCUT2D eigenvalue weighted by Gasteiger charge is -2.28. The summed E-state index contributed by atoms with van der Waals surface area (Å²) in [5.74, 6) is -0.919. The standard InChI is InChI=1S/C19H19FN2O6S/c20-18-4-2-1-3-14(18)11-21(16-9-10-29(26,27)13-16)19(23)12-28-17-7-5-15(6-8-17)22(24)25/h1-8,16H,9-13H2/t16-/m1/s1. The molecule has 2 aromatic carbocycles. The Morgan fingerprint density at radius 3 is 2.48 bits per heavy atom. The highest BCUT2D eigenvalue weighted by atomic mass is 32.2.